The third-order valence-electron chi connectivity index (χ3n) is 6.40. The molecule has 2 heterocycles. The van der Waals surface area contributed by atoms with Crippen molar-refractivity contribution < 1.29 is 9.59 Å². The predicted molar refractivity (Wildman–Crippen MR) is 134 cm³/mol. The number of hydrogen-bond acceptors (Lipinski definition) is 4. The largest absolute Gasteiger partial charge is 0.349 e. The number of nitrogens with one attached hydrogen (secondary N) is 1. The van der Waals surface area contributed by atoms with Crippen LogP contribution in [0.4, 0.5) is 0 Å². The Bertz CT molecular complexity index is 1410. The smallest absolute Gasteiger partial charge is 0.274 e. The predicted octanol–water partition coefficient (Wildman–Crippen LogP) is 3.48. The van der Waals surface area contributed by atoms with Crippen molar-refractivity contribution in [1.82, 2.24) is 20.0 Å². The third kappa shape index (κ3) is 4.84. The molecule has 3 aromatic carbocycles. The van der Waals surface area contributed by atoms with E-state index in [0.29, 0.717) is 48.8 Å². The first-order valence-electron chi connectivity index (χ1n) is 11.8. The first-order chi connectivity index (χ1) is 17.1. The second-order valence-corrected chi connectivity index (χ2v) is 8.75. The fraction of sp³-hybridized carbons (Fsp3) is 0.214. The van der Waals surface area contributed by atoms with Gasteiger partial charge in [0.25, 0.3) is 17.4 Å². The van der Waals surface area contributed by atoms with Crippen molar-refractivity contribution in [3.05, 3.63) is 112 Å². The summed E-state index contributed by atoms with van der Waals surface area (Å²) in [5.74, 6) is -0.299. The zero-order chi connectivity index (χ0) is 24.2. The Balaban J connectivity index is 1.35. The van der Waals surface area contributed by atoms with Crippen LogP contribution in [-0.2, 0) is 6.54 Å². The first kappa shape index (κ1) is 22.5. The molecule has 7 nitrogen and oxygen atoms in total. The molecule has 0 aliphatic carbocycles. The number of amides is 2. The van der Waals surface area contributed by atoms with E-state index < -0.39 is 0 Å². The van der Waals surface area contributed by atoms with Gasteiger partial charge in [0.2, 0.25) is 0 Å². The molecule has 2 amide bonds. The lowest BCUT2D eigenvalue weighted by atomic mass is 10.0. The summed E-state index contributed by atoms with van der Waals surface area (Å²) in [7, 11) is 0. The van der Waals surface area contributed by atoms with E-state index in [1.165, 1.54) is 4.68 Å². The van der Waals surface area contributed by atoms with E-state index in [0.717, 1.165) is 5.56 Å². The van der Waals surface area contributed by atoms with E-state index in [1.807, 2.05) is 54.6 Å². The Labute approximate surface area is 203 Å². The maximum Gasteiger partial charge on any atom is 0.274 e. The summed E-state index contributed by atoms with van der Waals surface area (Å²) >= 11 is 0. The molecule has 1 fully saturated rings. The van der Waals surface area contributed by atoms with E-state index >= 15 is 0 Å². The molecule has 7 heteroatoms. The van der Waals surface area contributed by atoms with Crippen molar-refractivity contribution in [3.63, 3.8) is 0 Å². The lowest BCUT2D eigenvalue weighted by Gasteiger charge is -2.32. The van der Waals surface area contributed by atoms with Crippen LogP contribution in [0.2, 0.25) is 0 Å². The average molecular weight is 467 g/mol. The molecule has 0 spiro atoms. The second kappa shape index (κ2) is 9.93. The van der Waals surface area contributed by atoms with Crippen LogP contribution in [-0.4, -0.2) is 45.6 Å². The van der Waals surface area contributed by atoms with Gasteiger partial charge in [-0.05, 0) is 36.6 Å². The third-order valence-corrected chi connectivity index (χ3v) is 6.40. The molecule has 1 aliphatic heterocycles. The van der Waals surface area contributed by atoms with Gasteiger partial charge in [0.15, 0.2) is 5.69 Å². The zero-order valence-electron chi connectivity index (χ0n) is 19.3. The fourth-order valence-electron chi connectivity index (χ4n) is 4.49. The Kier molecular flexibility index (Phi) is 6.39. The molecular weight excluding hydrogens is 440 g/mol. The Morgan fingerprint density at radius 1 is 0.829 bits per heavy atom. The van der Waals surface area contributed by atoms with Crippen molar-refractivity contribution in [1.29, 1.82) is 0 Å². The number of benzene rings is 3. The van der Waals surface area contributed by atoms with Gasteiger partial charge in [0.05, 0.1) is 11.9 Å². The molecule has 1 saturated heterocycles. The first-order valence-corrected chi connectivity index (χ1v) is 11.8. The van der Waals surface area contributed by atoms with Crippen LogP contribution in [0.3, 0.4) is 0 Å². The Morgan fingerprint density at radius 3 is 2.11 bits per heavy atom. The number of rotatable bonds is 5. The van der Waals surface area contributed by atoms with Gasteiger partial charge >= 0.3 is 0 Å². The molecule has 0 atom stereocenters. The van der Waals surface area contributed by atoms with Crippen molar-refractivity contribution in [2.45, 2.75) is 25.4 Å². The topological polar surface area (TPSA) is 84.3 Å². The van der Waals surface area contributed by atoms with Gasteiger partial charge in [-0.1, -0.05) is 66.7 Å². The minimum absolute atomic E-state index is 0.00324. The average Bonchev–Trinajstić information content (AvgIpc) is 2.91. The molecule has 4 aromatic rings. The molecule has 0 saturated carbocycles. The molecule has 35 heavy (non-hydrogen) atoms. The standard InChI is InChI=1S/C28H26N4O3/c33-26(21-11-5-2-6-12-21)29-22-15-17-31(18-16-22)28(35)25-23-13-7-8-14-24(23)27(34)32(30-25)19-20-9-3-1-4-10-20/h1-14,22H,15-19H2,(H,29,33). The molecular formula is C28H26N4O3. The highest BCUT2D eigenvalue weighted by Crippen LogP contribution is 2.19. The van der Waals surface area contributed by atoms with E-state index in [1.54, 1.807) is 35.2 Å². The van der Waals surface area contributed by atoms with Gasteiger partial charge in [-0.2, -0.15) is 5.10 Å². The highest BCUT2D eigenvalue weighted by molar-refractivity contribution is 6.04. The van der Waals surface area contributed by atoms with Gasteiger partial charge in [-0.15, -0.1) is 0 Å². The normalized spacial score (nSPS) is 14.1. The highest BCUT2D eigenvalue weighted by atomic mass is 16.2. The van der Waals surface area contributed by atoms with Crippen molar-refractivity contribution in [3.8, 4) is 0 Å². The summed E-state index contributed by atoms with van der Waals surface area (Å²) in [5.41, 5.74) is 1.62. The molecule has 0 bridgehead atoms. The summed E-state index contributed by atoms with van der Waals surface area (Å²) < 4.78 is 1.37. The number of nitrogens with zero attached hydrogens (tertiary/aromatic N) is 3. The summed E-state index contributed by atoms with van der Waals surface area (Å²) in [6.07, 6.45) is 1.32. The molecule has 5 rings (SSSR count). The SMILES string of the molecule is O=C(NC1CCN(C(=O)c2nn(Cc3ccccc3)c(=O)c3ccccc23)CC1)c1ccccc1. The maximum atomic E-state index is 13.5. The Hall–Kier alpha value is -4.26. The van der Waals surface area contributed by atoms with Crippen LogP contribution in [0.25, 0.3) is 10.8 Å². The van der Waals surface area contributed by atoms with Gasteiger partial charge in [0, 0.05) is 30.1 Å². The van der Waals surface area contributed by atoms with E-state index in [4.69, 9.17) is 0 Å². The van der Waals surface area contributed by atoms with Crippen LogP contribution in [0.1, 0.15) is 39.3 Å². The molecule has 176 valence electrons. The van der Waals surface area contributed by atoms with Crippen LogP contribution >= 0.6 is 0 Å². The summed E-state index contributed by atoms with van der Waals surface area (Å²) in [4.78, 5) is 40.9. The molecule has 0 unspecified atom stereocenters. The summed E-state index contributed by atoms with van der Waals surface area (Å²) in [6.45, 7) is 1.30. The van der Waals surface area contributed by atoms with E-state index in [-0.39, 0.29) is 29.1 Å². The van der Waals surface area contributed by atoms with Crippen molar-refractivity contribution in [2.75, 3.05) is 13.1 Å². The number of piperidine rings is 1. The van der Waals surface area contributed by atoms with Crippen LogP contribution in [0, 0.1) is 0 Å². The number of carbonyl (C=O) groups excluding carboxylic acids is 2. The fourth-order valence-corrected chi connectivity index (χ4v) is 4.49. The van der Waals surface area contributed by atoms with Crippen LogP contribution in [0.15, 0.2) is 89.7 Å². The molecule has 1 aromatic heterocycles. The highest BCUT2D eigenvalue weighted by Gasteiger charge is 2.27. The van der Waals surface area contributed by atoms with Crippen LogP contribution < -0.4 is 10.9 Å². The number of hydrogen-bond donors (Lipinski definition) is 1. The number of fused-ring (bicyclic) bond motifs is 1. The maximum absolute atomic E-state index is 13.5. The van der Waals surface area contributed by atoms with Gasteiger partial charge in [0.1, 0.15) is 0 Å². The van der Waals surface area contributed by atoms with Crippen molar-refractivity contribution >= 4 is 22.6 Å². The zero-order valence-corrected chi connectivity index (χ0v) is 19.3. The van der Waals surface area contributed by atoms with E-state index in [2.05, 4.69) is 10.4 Å². The van der Waals surface area contributed by atoms with Gasteiger partial charge in [-0.3, -0.25) is 14.4 Å². The number of likely N-dealkylation sites (tertiary alicyclic amines) is 1. The lowest BCUT2D eigenvalue weighted by Crippen LogP contribution is -2.47. The number of aromatic nitrogens is 2. The van der Waals surface area contributed by atoms with Crippen molar-refractivity contribution in [2.24, 2.45) is 0 Å². The Morgan fingerprint density at radius 2 is 1.43 bits per heavy atom. The van der Waals surface area contributed by atoms with Gasteiger partial charge in [-0.25, -0.2) is 4.68 Å². The minimum Gasteiger partial charge on any atom is -0.349 e. The molecule has 1 aliphatic rings. The monoisotopic (exact) mass is 466 g/mol. The lowest BCUT2D eigenvalue weighted by molar-refractivity contribution is 0.0692. The second-order valence-electron chi connectivity index (χ2n) is 8.75. The minimum atomic E-state index is -0.219. The van der Waals surface area contributed by atoms with E-state index in [9.17, 15) is 14.4 Å². The quantitative estimate of drug-likeness (QED) is 0.488. The molecule has 0 radical (unpaired) electrons. The summed E-state index contributed by atoms with van der Waals surface area (Å²) in [5, 5.41) is 8.63. The summed E-state index contributed by atoms with van der Waals surface area (Å²) in [6, 6.07) is 25.9. The van der Waals surface area contributed by atoms with Crippen LogP contribution in [0.5, 0.6) is 0 Å². The number of carbonyl (C=O) groups is 2. The molecule has 1 N–H and O–H groups in total. The van der Waals surface area contributed by atoms with Gasteiger partial charge < -0.3 is 10.2 Å².